The van der Waals surface area contributed by atoms with Crippen molar-refractivity contribution in [2.75, 3.05) is 11.9 Å². The maximum Gasteiger partial charge on any atom is 0.159 e. The highest BCUT2D eigenvalue weighted by molar-refractivity contribution is 6.10. The van der Waals surface area contributed by atoms with E-state index in [-0.39, 0.29) is 6.17 Å². The lowest BCUT2D eigenvalue weighted by Gasteiger charge is -2.30. The monoisotopic (exact) mass is 502 g/mol. The van der Waals surface area contributed by atoms with Crippen molar-refractivity contribution in [2.24, 2.45) is 5.92 Å². The number of furan rings is 1. The summed E-state index contributed by atoms with van der Waals surface area (Å²) in [5.41, 5.74) is 16.7. The molecular weight excluding hydrogens is 464 g/mol. The maximum absolute atomic E-state index is 6.46. The van der Waals surface area contributed by atoms with Crippen LogP contribution in [0.25, 0.3) is 33.2 Å². The van der Waals surface area contributed by atoms with Crippen LogP contribution in [-0.2, 0) is 0 Å². The van der Waals surface area contributed by atoms with Gasteiger partial charge in [0, 0.05) is 35.5 Å². The zero-order valence-corrected chi connectivity index (χ0v) is 24.2. The Morgan fingerprint density at radius 3 is 2.11 bits per heavy atom. The standard InChI is InChI=1S/C35H38N2O/c1-19-14-15-29-28-12-10-11-13-31(28)38-35(29)34(19)37-18-30(36(9)26(37)8)32-20(2)16-27(17-21(32)3)33-24(6)22(4)23(5)25(33)7/h10-18,24,26H,1-9H3/t24?,26-/m1/s1. The molecule has 2 atom stereocenters. The van der Waals surface area contributed by atoms with Gasteiger partial charge in [-0.15, -0.1) is 0 Å². The second kappa shape index (κ2) is 8.66. The van der Waals surface area contributed by atoms with Gasteiger partial charge in [0.05, 0.1) is 11.4 Å². The van der Waals surface area contributed by atoms with Crippen molar-refractivity contribution in [3.8, 4) is 0 Å². The van der Waals surface area contributed by atoms with E-state index in [0.717, 1.165) is 16.9 Å². The van der Waals surface area contributed by atoms with Crippen molar-refractivity contribution < 1.29 is 4.42 Å². The van der Waals surface area contributed by atoms with Crippen LogP contribution in [0.1, 0.15) is 62.4 Å². The van der Waals surface area contributed by atoms with Crippen LogP contribution in [-0.4, -0.2) is 18.1 Å². The van der Waals surface area contributed by atoms with Crippen LogP contribution in [0.2, 0.25) is 0 Å². The van der Waals surface area contributed by atoms with Gasteiger partial charge >= 0.3 is 0 Å². The topological polar surface area (TPSA) is 19.6 Å². The van der Waals surface area contributed by atoms with E-state index in [1.807, 2.05) is 6.07 Å². The molecule has 3 nitrogen and oxygen atoms in total. The first-order valence-electron chi connectivity index (χ1n) is 13.7. The number of nitrogens with zero attached hydrogens (tertiary/aromatic N) is 2. The molecule has 0 radical (unpaired) electrons. The van der Waals surface area contributed by atoms with Gasteiger partial charge in [-0.25, -0.2) is 0 Å². The summed E-state index contributed by atoms with van der Waals surface area (Å²) in [5, 5.41) is 2.34. The van der Waals surface area contributed by atoms with Gasteiger partial charge in [0.2, 0.25) is 0 Å². The predicted molar refractivity (Wildman–Crippen MR) is 162 cm³/mol. The molecule has 194 valence electrons. The summed E-state index contributed by atoms with van der Waals surface area (Å²) in [6.45, 7) is 18.2. The van der Waals surface area contributed by atoms with E-state index in [2.05, 4.69) is 121 Å². The van der Waals surface area contributed by atoms with E-state index in [0.29, 0.717) is 5.92 Å². The number of para-hydroxylation sites is 1. The summed E-state index contributed by atoms with van der Waals surface area (Å²) < 4.78 is 6.46. The quantitative estimate of drug-likeness (QED) is 0.278. The minimum absolute atomic E-state index is 0.162. The molecule has 1 unspecified atom stereocenters. The van der Waals surface area contributed by atoms with Crippen LogP contribution in [0.4, 0.5) is 5.69 Å². The molecule has 1 aliphatic carbocycles. The smallest absolute Gasteiger partial charge is 0.159 e. The number of anilines is 1. The second-order valence-corrected chi connectivity index (χ2v) is 11.4. The average Bonchev–Trinajstić information content (AvgIpc) is 3.46. The molecule has 0 fully saturated rings. The molecule has 2 aliphatic rings. The lowest BCUT2D eigenvalue weighted by atomic mass is 9.87. The first-order valence-corrected chi connectivity index (χ1v) is 13.7. The fraction of sp³-hybridized carbons (Fsp3) is 0.314. The second-order valence-electron chi connectivity index (χ2n) is 11.4. The minimum atomic E-state index is 0.162. The molecule has 1 aliphatic heterocycles. The third-order valence-electron chi connectivity index (χ3n) is 9.33. The summed E-state index contributed by atoms with van der Waals surface area (Å²) in [5.74, 6) is 0.468. The Labute approximate surface area is 226 Å². The summed E-state index contributed by atoms with van der Waals surface area (Å²) in [6.07, 6.45) is 2.49. The molecule has 0 bridgehead atoms. The molecule has 0 amide bonds. The molecule has 3 heteroatoms. The highest BCUT2D eigenvalue weighted by Crippen LogP contribution is 2.45. The van der Waals surface area contributed by atoms with Crippen molar-refractivity contribution in [3.05, 3.63) is 99.3 Å². The number of aryl methyl sites for hydroxylation is 3. The van der Waals surface area contributed by atoms with Crippen molar-refractivity contribution in [1.82, 2.24) is 4.90 Å². The van der Waals surface area contributed by atoms with Crippen molar-refractivity contribution in [2.45, 2.75) is 61.6 Å². The fourth-order valence-corrected chi connectivity index (χ4v) is 6.76. The fourth-order valence-electron chi connectivity index (χ4n) is 6.76. The summed E-state index contributed by atoms with van der Waals surface area (Å²) in [6, 6.07) is 17.5. The van der Waals surface area contributed by atoms with E-state index in [4.69, 9.17) is 4.42 Å². The molecule has 6 rings (SSSR count). The van der Waals surface area contributed by atoms with Gasteiger partial charge < -0.3 is 14.2 Å². The normalized spacial score (nSPS) is 20.1. The van der Waals surface area contributed by atoms with Crippen molar-refractivity contribution in [1.29, 1.82) is 0 Å². The molecule has 0 spiro atoms. The van der Waals surface area contributed by atoms with E-state index in [1.165, 1.54) is 66.6 Å². The van der Waals surface area contributed by atoms with Crippen molar-refractivity contribution >= 4 is 38.9 Å². The van der Waals surface area contributed by atoms with Crippen LogP contribution in [0.3, 0.4) is 0 Å². The lowest BCUT2D eigenvalue weighted by molar-refractivity contribution is 0.399. The molecule has 1 aromatic heterocycles. The van der Waals surface area contributed by atoms with E-state index >= 15 is 0 Å². The molecular formula is C35H38N2O. The average molecular weight is 503 g/mol. The Hall–Kier alpha value is -3.72. The zero-order chi connectivity index (χ0) is 27.0. The summed E-state index contributed by atoms with van der Waals surface area (Å²) in [4.78, 5) is 4.79. The van der Waals surface area contributed by atoms with Gasteiger partial charge in [0.1, 0.15) is 11.7 Å². The molecule has 38 heavy (non-hydrogen) atoms. The SMILES string of the molecule is CC1=C(C)C(C)C(c2cc(C)c(C3=CN(c4c(C)ccc5c4oc4ccccc45)[C@H](C)N3C)c(C)c2)=C1C. The molecule has 4 aromatic rings. The third-order valence-corrected chi connectivity index (χ3v) is 9.33. The summed E-state index contributed by atoms with van der Waals surface area (Å²) in [7, 11) is 2.21. The van der Waals surface area contributed by atoms with Gasteiger partial charge in [-0.3, -0.25) is 0 Å². The number of rotatable bonds is 3. The number of hydrogen-bond donors (Lipinski definition) is 0. The predicted octanol–water partition coefficient (Wildman–Crippen LogP) is 9.37. The molecule has 0 N–H and O–H groups in total. The van der Waals surface area contributed by atoms with Crippen molar-refractivity contribution in [3.63, 3.8) is 0 Å². The Morgan fingerprint density at radius 2 is 1.45 bits per heavy atom. The van der Waals surface area contributed by atoms with Gasteiger partial charge in [0.15, 0.2) is 5.58 Å². The number of fused-ring (bicyclic) bond motifs is 3. The molecule has 2 heterocycles. The molecule has 0 saturated carbocycles. The number of benzene rings is 3. The largest absolute Gasteiger partial charge is 0.454 e. The third kappa shape index (κ3) is 3.41. The Morgan fingerprint density at radius 1 is 0.763 bits per heavy atom. The minimum Gasteiger partial charge on any atom is -0.454 e. The van der Waals surface area contributed by atoms with Crippen LogP contribution in [0.5, 0.6) is 0 Å². The van der Waals surface area contributed by atoms with E-state index in [1.54, 1.807) is 0 Å². The van der Waals surface area contributed by atoms with Crippen LogP contribution in [0, 0.1) is 26.7 Å². The van der Waals surface area contributed by atoms with Gasteiger partial charge in [-0.2, -0.15) is 0 Å². The van der Waals surface area contributed by atoms with E-state index < -0.39 is 0 Å². The molecule has 3 aromatic carbocycles. The highest BCUT2D eigenvalue weighted by Gasteiger charge is 2.32. The Balaban J connectivity index is 1.47. The summed E-state index contributed by atoms with van der Waals surface area (Å²) >= 11 is 0. The van der Waals surface area contributed by atoms with Crippen LogP contribution in [0.15, 0.2) is 75.9 Å². The first kappa shape index (κ1) is 24.6. The van der Waals surface area contributed by atoms with Gasteiger partial charge in [-0.1, -0.05) is 55.0 Å². The Kier molecular flexibility index (Phi) is 5.61. The first-order chi connectivity index (χ1) is 18.1. The maximum atomic E-state index is 6.46. The number of allylic oxidation sites excluding steroid dienone is 4. The Bertz CT molecular complexity index is 1700. The molecule has 0 saturated heterocycles. The van der Waals surface area contributed by atoms with Gasteiger partial charge in [0.25, 0.3) is 0 Å². The zero-order valence-electron chi connectivity index (χ0n) is 24.2. The van der Waals surface area contributed by atoms with E-state index in [9.17, 15) is 0 Å². The lowest BCUT2D eigenvalue weighted by Crippen LogP contribution is -2.34. The number of hydrogen-bond acceptors (Lipinski definition) is 3. The van der Waals surface area contributed by atoms with Crippen LogP contribution >= 0.6 is 0 Å². The van der Waals surface area contributed by atoms with Gasteiger partial charge in [-0.05, 0) is 93.5 Å². The van der Waals surface area contributed by atoms with Crippen LogP contribution < -0.4 is 4.90 Å². The highest BCUT2D eigenvalue weighted by atomic mass is 16.3.